The summed E-state index contributed by atoms with van der Waals surface area (Å²) in [4.78, 5) is 10.7. The molecular weight excluding hydrogens is 216 g/mol. The molecule has 0 aliphatic heterocycles. The lowest BCUT2D eigenvalue weighted by Gasteiger charge is -2.23. The van der Waals surface area contributed by atoms with Crippen molar-refractivity contribution in [1.29, 1.82) is 0 Å². The van der Waals surface area contributed by atoms with E-state index in [4.69, 9.17) is 10.5 Å². The average molecular weight is 236 g/mol. The number of hydrogen-bond donors (Lipinski definition) is 2. The zero-order valence-electron chi connectivity index (χ0n) is 10.8. The summed E-state index contributed by atoms with van der Waals surface area (Å²) in [7, 11) is 1.65. The number of hydrogen-bond acceptors (Lipinski definition) is 3. The van der Waals surface area contributed by atoms with Crippen molar-refractivity contribution in [3.05, 3.63) is 23.8 Å². The van der Waals surface area contributed by atoms with Crippen molar-refractivity contribution in [3.63, 3.8) is 0 Å². The number of primary amides is 1. The van der Waals surface area contributed by atoms with Gasteiger partial charge >= 0.3 is 0 Å². The van der Waals surface area contributed by atoms with E-state index in [1.165, 1.54) is 0 Å². The van der Waals surface area contributed by atoms with Crippen LogP contribution in [0.5, 0.6) is 5.75 Å². The summed E-state index contributed by atoms with van der Waals surface area (Å²) in [6.07, 6.45) is 0. The second-order valence-electron chi connectivity index (χ2n) is 4.98. The third-order valence-corrected chi connectivity index (χ3v) is 2.47. The smallest absolute Gasteiger partial charge is 0.236 e. The van der Waals surface area contributed by atoms with E-state index in [-0.39, 0.29) is 17.9 Å². The van der Waals surface area contributed by atoms with Gasteiger partial charge in [0.15, 0.2) is 0 Å². The first-order chi connectivity index (χ1) is 7.84. The summed E-state index contributed by atoms with van der Waals surface area (Å²) >= 11 is 0. The molecular formula is C13H20N2O2. The Hall–Kier alpha value is -1.71. The van der Waals surface area contributed by atoms with Crippen LogP contribution >= 0.6 is 0 Å². The van der Waals surface area contributed by atoms with Gasteiger partial charge in [-0.25, -0.2) is 0 Å². The molecule has 0 radical (unpaired) electrons. The van der Waals surface area contributed by atoms with Gasteiger partial charge in [0, 0.05) is 11.3 Å². The van der Waals surface area contributed by atoms with E-state index >= 15 is 0 Å². The van der Waals surface area contributed by atoms with E-state index < -0.39 is 0 Å². The molecule has 3 N–H and O–H groups in total. The van der Waals surface area contributed by atoms with Gasteiger partial charge in [0.1, 0.15) is 5.75 Å². The topological polar surface area (TPSA) is 64.3 Å². The van der Waals surface area contributed by atoms with Crippen LogP contribution in [0.1, 0.15) is 26.3 Å². The van der Waals surface area contributed by atoms with Crippen molar-refractivity contribution in [2.24, 2.45) is 5.73 Å². The number of nitrogens with one attached hydrogen (secondary N) is 1. The number of benzene rings is 1. The number of carbonyl (C=O) groups excluding carboxylic acids is 1. The minimum atomic E-state index is -0.377. The van der Waals surface area contributed by atoms with Crippen LogP contribution in [0.25, 0.3) is 0 Å². The van der Waals surface area contributed by atoms with Gasteiger partial charge in [-0.3, -0.25) is 4.79 Å². The maximum Gasteiger partial charge on any atom is 0.236 e. The standard InChI is InChI=1S/C13H20N2O2/c1-13(2,3)10-7-9(15-8-12(14)16)5-6-11(10)17-4/h5-7,15H,8H2,1-4H3,(H2,14,16). The van der Waals surface area contributed by atoms with Crippen LogP contribution in [0.4, 0.5) is 5.69 Å². The number of amides is 1. The molecule has 4 nitrogen and oxygen atoms in total. The maximum atomic E-state index is 10.7. The number of rotatable bonds is 4. The highest BCUT2D eigenvalue weighted by molar-refractivity contribution is 5.78. The van der Waals surface area contributed by atoms with Gasteiger partial charge in [0.25, 0.3) is 0 Å². The Morgan fingerprint density at radius 2 is 2.06 bits per heavy atom. The number of methoxy groups -OCH3 is 1. The molecule has 0 aliphatic carbocycles. The first kappa shape index (κ1) is 13.4. The third kappa shape index (κ3) is 3.66. The average Bonchev–Trinajstić information content (AvgIpc) is 2.24. The van der Waals surface area contributed by atoms with E-state index in [1.54, 1.807) is 7.11 Å². The van der Waals surface area contributed by atoms with Gasteiger partial charge in [0.05, 0.1) is 13.7 Å². The van der Waals surface area contributed by atoms with Crippen LogP contribution in [-0.4, -0.2) is 19.6 Å². The quantitative estimate of drug-likeness (QED) is 0.839. The molecule has 1 amide bonds. The Balaban J connectivity index is 3.01. The molecule has 0 saturated heterocycles. The third-order valence-electron chi connectivity index (χ3n) is 2.47. The Morgan fingerprint density at radius 3 is 2.53 bits per heavy atom. The predicted octanol–water partition coefficient (Wildman–Crippen LogP) is 1.89. The Labute approximate surface area is 102 Å². The molecule has 0 aromatic heterocycles. The second-order valence-corrected chi connectivity index (χ2v) is 4.98. The molecule has 0 bridgehead atoms. The van der Waals surface area contributed by atoms with Crippen molar-refractivity contribution in [2.45, 2.75) is 26.2 Å². The first-order valence-corrected chi connectivity index (χ1v) is 5.55. The molecule has 1 aromatic rings. The van der Waals surface area contributed by atoms with Crippen LogP contribution in [0.15, 0.2) is 18.2 Å². The van der Waals surface area contributed by atoms with Crippen molar-refractivity contribution >= 4 is 11.6 Å². The summed E-state index contributed by atoms with van der Waals surface area (Å²) in [6.45, 7) is 6.48. The molecule has 0 aliphatic rings. The van der Waals surface area contributed by atoms with Crippen molar-refractivity contribution < 1.29 is 9.53 Å². The van der Waals surface area contributed by atoms with Gasteiger partial charge in [-0.2, -0.15) is 0 Å². The molecule has 1 aromatic carbocycles. The van der Waals surface area contributed by atoms with Gasteiger partial charge < -0.3 is 15.8 Å². The molecule has 1 rings (SSSR count). The fraction of sp³-hybridized carbons (Fsp3) is 0.462. The Kier molecular flexibility index (Phi) is 3.99. The highest BCUT2D eigenvalue weighted by Gasteiger charge is 2.19. The van der Waals surface area contributed by atoms with E-state index in [2.05, 4.69) is 26.1 Å². The van der Waals surface area contributed by atoms with Crippen molar-refractivity contribution in [3.8, 4) is 5.75 Å². The van der Waals surface area contributed by atoms with Gasteiger partial charge in [0.2, 0.25) is 5.91 Å². The van der Waals surface area contributed by atoms with E-state index in [0.29, 0.717) is 0 Å². The van der Waals surface area contributed by atoms with Crippen LogP contribution in [0, 0.1) is 0 Å². The highest BCUT2D eigenvalue weighted by Crippen LogP contribution is 2.33. The molecule has 17 heavy (non-hydrogen) atoms. The molecule has 0 saturated carbocycles. The van der Waals surface area contributed by atoms with Gasteiger partial charge in [-0.05, 0) is 23.6 Å². The fourth-order valence-electron chi connectivity index (χ4n) is 1.59. The van der Waals surface area contributed by atoms with Gasteiger partial charge in [-0.1, -0.05) is 20.8 Å². The lowest BCUT2D eigenvalue weighted by atomic mass is 9.86. The number of nitrogens with two attached hydrogens (primary N) is 1. The van der Waals surface area contributed by atoms with Gasteiger partial charge in [-0.15, -0.1) is 0 Å². The largest absolute Gasteiger partial charge is 0.496 e. The summed E-state index contributed by atoms with van der Waals surface area (Å²) < 4.78 is 5.33. The summed E-state index contributed by atoms with van der Waals surface area (Å²) in [5, 5.41) is 2.98. The SMILES string of the molecule is COc1ccc(NCC(N)=O)cc1C(C)(C)C. The van der Waals surface area contributed by atoms with Crippen molar-refractivity contribution in [2.75, 3.05) is 19.0 Å². The molecule has 94 valence electrons. The molecule has 0 spiro atoms. The minimum absolute atomic E-state index is 0.0181. The molecule has 0 fully saturated rings. The van der Waals surface area contributed by atoms with E-state index in [1.807, 2.05) is 18.2 Å². The lowest BCUT2D eigenvalue weighted by molar-refractivity contribution is -0.116. The van der Waals surface area contributed by atoms with Crippen LogP contribution < -0.4 is 15.8 Å². The fourth-order valence-corrected chi connectivity index (χ4v) is 1.59. The molecule has 0 heterocycles. The zero-order valence-corrected chi connectivity index (χ0v) is 10.8. The van der Waals surface area contributed by atoms with Crippen LogP contribution in [0.3, 0.4) is 0 Å². The molecule has 0 unspecified atom stereocenters. The minimum Gasteiger partial charge on any atom is -0.496 e. The second kappa shape index (κ2) is 5.08. The summed E-state index contributed by atoms with van der Waals surface area (Å²) in [6, 6.07) is 5.75. The van der Waals surface area contributed by atoms with Crippen LogP contribution in [-0.2, 0) is 10.2 Å². The van der Waals surface area contributed by atoms with E-state index in [0.717, 1.165) is 17.0 Å². The zero-order chi connectivity index (χ0) is 13.1. The number of anilines is 1. The number of ether oxygens (including phenoxy) is 1. The van der Waals surface area contributed by atoms with E-state index in [9.17, 15) is 4.79 Å². The predicted molar refractivity (Wildman–Crippen MR) is 69.4 cm³/mol. The maximum absolute atomic E-state index is 10.7. The first-order valence-electron chi connectivity index (χ1n) is 5.55. The summed E-state index contributed by atoms with van der Waals surface area (Å²) in [5.74, 6) is 0.472. The lowest BCUT2D eigenvalue weighted by Crippen LogP contribution is -2.22. The monoisotopic (exact) mass is 236 g/mol. The normalized spacial score (nSPS) is 11.1. The molecule has 4 heteroatoms. The Morgan fingerprint density at radius 1 is 1.41 bits per heavy atom. The molecule has 0 atom stereocenters. The van der Waals surface area contributed by atoms with Crippen LogP contribution in [0.2, 0.25) is 0 Å². The number of carbonyl (C=O) groups is 1. The van der Waals surface area contributed by atoms with Crippen molar-refractivity contribution in [1.82, 2.24) is 0 Å². The summed E-state index contributed by atoms with van der Waals surface area (Å²) in [5.41, 5.74) is 7.04. The Bertz CT molecular complexity index is 408. The highest BCUT2D eigenvalue weighted by atomic mass is 16.5.